The van der Waals surface area contributed by atoms with Crippen molar-refractivity contribution in [3.05, 3.63) is 65.3 Å². The third kappa shape index (κ3) is 3.22. The summed E-state index contributed by atoms with van der Waals surface area (Å²) >= 11 is 1.38. The van der Waals surface area contributed by atoms with E-state index in [-0.39, 0.29) is 0 Å². The van der Waals surface area contributed by atoms with Gasteiger partial charge in [-0.1, -0.05) is 22.9 Å². The second-order valence-electron chi connectivity index (χ2n) is 4.54. The molecule has 1 aromatic carbocycles. The number of aryl methyl sites for hydroxylation is 1. The zero-order chi connectivity index (χ0) is 14.7. The topological polar surface area (TPSA) is 65.9 Å². The highest BCUT2D eigenvalue weighted by Gasteiger charge is 2.11. The number of nitrogens with zero attached hydrogens (tertiary/aromatic N) is 3. The first-order chi connectivity index (χ1) is 10.2. The molecule has 3 rings (SSSR count). The minimum atomic E-state index is 0.488. The average molecular weight is 299 g/mol. The van der Waals surface area contributed by atoms with Crippen molar-refractivity contribution in [2.24, 2.45) is 0 Å². The number of benzene rings is 1. The van der Waals surface area contributed by atoms with Crippen LogP contribution in [0.3, 0.4) is 0 Å². The maximum atomic E-state index is 11.5. The highest BCUT2D eigenvalue weighted by molar-refractivity contribution is 7.98. The SMILES string of the molecule is Cc1ccc(-c2nc(CSc3cccc[n+]3[O-])no2)cc1. The summed E-state index contributed by atoms with van der Waals surface area (Å²) in [6.07, 6.45) is 1.47. The van der Waals surface area contributed by atoms with E-state index in [1.54, 1.807) is 12.1 Å². The van der Waals surface area contributed by atoms with Crippen molar-refractivity contribution in [3.8, 4) is 11.5 Å². The van der Waals surface area contributed by atoms with E-state index in [0.29, 0.717) is 22.5 Å². The van der Waals surface area contributed by atoms with E-state index in [4.69, 9.17) is 4.52 Å². The van der Waals surface area contributed by atoms with Gasteiger partial charge in [-0.05, 0) is 36.9 Å². The lowest BCUT2D eigenvalue weighted by Crippen LogP contribution is -2.27. The Kier molecular flexibility index (Phi) is 3.87. The molecule has 0 aliphatic heterocycles. The lowest BCUT2D eigenvalue weighted by atomic mass is 10.1. The van der Waals surface area contributed by atoms with E-state index in [9.17, 15) is 5.21 Å². The molecule has 0 bridgehead atoms. The van der Waals surface area contributed by atoms with Crippen molar-refractivity contribution in [3.63, 3.8) is 0 Å². The van der Waals surface area contributed by atoms with Gasteiger partial charge in [0.05, 0.1) is 5.75 Å². The van der Waals surface area contributed by atoms with Crippen LogP contribution in [0.5, 0.6) is 0 Å². The molecule has 0 aliphatic carbocycles. The third-order valence-electron chi connectivity index (χ3n) is 2.90. The Hall–Kier alpha value is -2.34. The van der Waals surface area contributed by atoms with Crippen LogP contribution in [-0.4, -0.2) is 10.1 Å². The third-order valence-corrected chi connectivity index (χ3v) is 3.92. The molecule has 2 aromatic heterocycles. The molecule has 106 valence electrons. The summed E-state index contributed by atoms with van der Waals surface area (Å²) in [6, 6.07) is 13.2. The quantitative estimate of drug-likeness (QED) is 0.421. The van der Waals surface area contributed by atoms with Gasteiger partial charge in [-0.2, -0.15) is 9.71 Å². The normalized spacial score (nSPS) is 10.7. The van der Waals surface area contributed by atoms with Crippen molar-refractivity contribution in [2.75, 3.05) is 0 Å². The highest BCUT2D eigenvalue weighted by atomic mass is 32.2. The van der Waals surface area contributed by atoms with Gasteiger partial charge >= 0.3 is 0 Å². The molecule has 0 saturated carbocycles. The number of thioether (sulfide) groups is 1. The van der Waals surface area contributed by atoms with Crippen LogP contribution in [0.2, 0.25) is 0 Å². The zero-order valence-electron chi connectivity index (χ0n) is 11.4. The van der Waals surface area contributed by atoms with E-state index in [1.165, 1.54) is 23.5 Å². The van der Waals surface area contributed by atoms with E-state index in [1.807, 2.05) is 37.3 Å². The molecule has 0 saturated heterocycles. The van der Waals surface area contributed by atoms with Crippen LogP contribution in [0.4, 0.5) is 0 Å². The highest BCUT2D eigenvalue weighted by Crippen LogP contribution is 2.21. The van der Waals surface area contributed by atoms with E-state index in [2.05, 4.69) is 10.1 Å². The van der Waals surface area contributed by atoms with Crippen LogP contribution in [0.25, 0.3) is 11.5 Å². The Morgan fingerprint density at radius 3 is 2.76 bits per heavy atom. The van der Waals surface area contributed by atoms with Gasteiger partial charge in [0.2, 0.25) is 0 Å². The second-order valence-corrected chi connectivity index (χ2v) is 5.53. The maximum Gasteiger partial charge on any atom is 0.257 e. The Morgan fingerprint density at radius 2 is 2.00 bits per heavy atom. The van der Waals surface area contributed by atoms with Crippen molar-refractivity contribution < 1.29 is 9.25 Å². The Morgan fingerprint density at radius 1 is 1.19 bits per heavy atom. The van der Waals surface area contributed by atoms with Gasteiger partial charge in [0.1, 0.15) is 0 Å². The summed E-state index contributed by atoms with van der Waals surface area (Å²) in [5, 5.41) is 16.1. The molecule has 0 aliphatic rings. The van der Waals surface area contributed by atoms with Crippen LogP contribution < -0.4 is 4.73 Å². The lowest BCUT2D eigenvalue weighted by molar-refractivity contribution is -0.645. The molecular weight excluding hydrogens is 286 g/mol. The number of rotatable bonds is 4. The second kappa shape index (κ2) is 5.97. The summed E-state index contributed by atoms with van der Waals surface area (Å²) in [5.74, 6) is 1.55. The first-order valence-electron chi connectivity index (χ1n) is 6.43. The van der Waals surface area contributed by atoms with Gasteiger partial charge in [-0.3, -0.25) is 0 Å². The van der Waals surface area contributed by atoms with Crippen LogP contribution >= 0.6 is 11.8 Å². The van der Waals surface area contributed by atoms with Crippen molar-refractivity contribution in [1.82, 2.24) is 10.1 Å². The zero-order valence-corrected chi connectivity index (χ0v) is 12.2. The van der Waals surface area contributed by atoms with Crippen molar-refractivity contribution in [1.29, 1.82) is 0 Å². The number of aromatic nitrogens is 3. The fourth-order valence-corrected chi connectivity index (χ4v) is 2.55. The number of pyridine rings is 1. The van der Waals surface area contributed by atoms with Gasteiger partial charge in [0, 0.05) is 17.7 Å². The fraction of sp³-hybridized carbons (Fsp3) is 0.133. The molecule has 21 heavy (non-hydrogen) atoms. The van der Waals surface area contributed by atoms with Crippen molar-refractivity contribution in [2.45, 2.75) is 17.7 Å². The van der Waals surface area contributed by atoms with E-state index >= 15 is 0 Å². The van der Waals surface area contributed by atoms with Crippen LogP contribution in [0.1, 0.15) is 11.4 Å². The Bertz CT molecular complexity index is 741. The first-order valence-corrected chi connectivity index (χ1v) is 7.41. The number of hydrogen-bond donors (Lipinski definition) is 0. The lowest BCUT2D eigenvalue weighted by Gasteiger charge is -2.00. The molecule has 0 N–H and O–H groups in total. The van der Waals surface area contributed by atoms with E-state index < -0.39 is 0 Å². The van der Waals surface area contributed by atoms with Crippen LogP contribution in [-0.2, 0) is 5.75 Å². The monoisotopic (exact) mass is 299 g/mol. The molecule has 0 atom stereocenters. The smallest absolute Gasteiger partial charge is 0.257 e. The molecular formula is C15H13N3O2S. The molecule has 0 radical (unpaired) electrons. The number of hydrogen-bond acceptors (Lipinski definition) is 5. The average Bonchev–Trinajstić information content (AvgIpc) is 2.96. The van der Waals surface area contributed by atoms with Gasteiger partial charge in [-0.15, -0.1) is 0 Å². The summed E-state index contributed by atoms with van der Waals surface area (Å²) in [6.45, 7) is 2.03. The largest absolute Gasteiger partial charge is 0.618 e. The van der Waals surface area contributed by atoms with E-state index in [0.717, 1.165) is 10.3 Å². The van der Waals surface area contributed by atoms with Gasteiger partial charge in [0.15, 0.2) is 12.0 Å². The van der Waals surface area contributed by atoms with Crippen molar-refractivity contribution >= 4 is 11.8 Å². The summed E-state index contributed by atoms with van der Waals surface area (Å²) in [7, 11) is 0. The van der Waals surface area contributed by atoms with Gasteiger partial charge in [0.25, 0.3) is 10.9 Å². The Balaban J connectivity index is 1.71. The molecule has 2 heterocycles. The molecule has 3 aromatic rings. The van der Waals surface area contributed by atoms with Gasteiger partial charge in [-0.25, -0.2) is 0 Å². The Labute approximate surface area is 126 Å². The molecule has 0 amide bonds. The minimum absolute atomic E-state index is 0.488. The molecule has 0 fully saturated rings. The van der Waals surface area contributed by atoms with Crippen LogP contribution in [0.15, 0.2) is 58.2 Å². The standard InChI is InChI=1S/C15H13N3O2S/c1-11-5-7-12(8-6-11)15-16-13(17-20-15)10-21-14-4-2-3-9-18(14)19/h2-9H,10H2,1H3. The summed E-state index contributed by atoms with van der Waals surface area (Å²) < 4.78 is 6.07. The molecule has 5 nitrogen and oxygen atoms in total. The van der Waals surface area contributed by atoms with Gasteiger partial charge < -0.3 is 9.73 Å². The molecule has 0 spiro atoms. The maximum absolute atomic E-state index is 11.5. The first kappa shape index (κ1) is 13.6. The predicted molar refractivity (Wildman–Crippen MR) is 79.4 cm³/mol. The molecule has 6 heteroatoms. The van der Waals surface area contributed by atoms with Crippen LogP contribution in [0, 0.1) is 12.1 Å². The minimum Gasteiger partial charge on any atom is -0.618 e. The summed E-state index contributed by atoms with van der Waals surface area (Å²) in [5.41, 5.74) is 2.07. The fourth-order valence-electron chi connectivity index (χ4n) is 1.79. The summed E-state index contributed by atoms with van der Waals surface area (Å²) in [4.78, 5) is 4.34. The predicted octanol–water partition coefficient (Wildman–Crippen LogP) is 2.97. The molecule has 0 unspecified atom stereocenters.